The van der Waals surface area contributed by atoms with Crippen LogP contribution in [0.2, 0.25) is 0 Å². The Morgan fingerprint density at radius 1 is 1.10 bits per heavy atom. The van der Waals surface area contributed by atoms with Gasteiger partial charge in [0.2, 0.25) is 10.0 Å². The largest absolute Gasteiger partial charge is 0.388 e. The van der Waals surface area contributed by atoms with Gasteiger partial charge in [-0.2, -0.15) is 0 Å². The fraction of sp³-hybridized carbons (Fsp3) is 0.600. The van der Waals surface area contributed by atoms with E-state index in [1.807, 2.05) is 20.8 Å². The quantitative estimate of drug-likeness (QED) is 0.654. The van der Waals surface area contributed by atoms with E-state index in [4.69, 9.17) is 0 Å². The Morgan fingerprint density at radius 2 is 1.67 bits per heavy atom. The molecule has 0 fully saturated rings. The lowest BCUT2D eigenvalue weighted by molar-refractivity contribution is 0.0457. The van der Waals surface area contributed by atoms with Crippen molar-refractivity contribution in [2.75, 3.05) is 18.4 Å². The third-order valence-corrected chi connectivity index (χ3v) is 5.12. The summed E-state index contributed by atoms with van der Waals surface area (Å²) in [5, 5.41) is 13.3. The first-order valence-corrected chi connectivity index (χ1v) is 8.91. The molecule has 0 unspecified atom stereocenters. The van der Waals surface area contributed by atoms with Gasteiger partial charge in [-0.25, -0.2) is 13.1 Å². The molecule has 0 atom stereocenters. The molecule has 0 saturated carbocycles. The Balaban J connectivity index is 2.70. The molecule has 0 aliphatic heterocycles. The average molecular weight is 314 g/mol. The highest BCUT2D eigenvalue weighted by Gasteiger charge is 2.21. The fourth-order valence-electron chi connectivity index (χ4n) is 1.84. The molecule has 0 bridgehead atoms. The lowest BCUT2D eigenvalue weighted by Gasteiger charge is -2.26. The van der Waals surface area contributed by atoms with Gasteiger partial charge in [0.1, 0.15) is 0 Å². The topological polar surface area (TPSA) is 78.4 Å². The highest BCUT2D eigenvalue weighted by Crippen LogP contribution is 2.18. The summed E-state index contributed by atoms with van der Waals surface area (Å²) in [5.41, 5.74) is 0.0673. The maximum absolute atomic E-state index is 11.9. The van der Waals surface area contributed by atoms with Gasteiger partial charge in [0, 0.05) is 18.8 Å². The summed E-state index contributed by atoms with van der Waals surface area (Å²) in [6, 6.07) is 6.56. The maximum atomic E-state index is 11.9. The Morgan fingerprint density at radius 3 is 2.14 bits per heavy atom. The molecule has 0 aliphatic rings. The summed E-state index contributed by atoms with van der Waals surface area (Å²) in [4.78, 5) is 0.253. The molecule has 0 aromatic heterocycles. The summed E-state index contributed by atoms with van der Waals surface area (Å²) in [6.07, 6.45) is 2.10. The van der Waals surface area contributed by atoms with E-state index in [0.29, 0.717) is 25.9 Å². The van der Waals surface area contributed by atoms with Crippen LogP contribution in [0.25, 0.3) is 0 Å². The van der Waals surface area contributed by atoms with Crippen LogP contribution in [0.5, 0.6) is 0 Å². The molecule has 0 saturated heterocycles. The Bertz CT molecular complexity index is 522. The van der Waals surface area contributed by atoms with Crippen LogP contribution in [-0.2, 0) is 10.0 Å². The van der Waals surface area contributed by atoms with Crippen molar-refractivity contribution in [2.45, 2.75) is 50.5 Å². The molecule has 3 N–H and O–H groups in total. The average Bonchev–Trinajstić information content (AvgIpc) is 2.51. The van der Waals surface area contributed by atoms with Crippen LogP contribution in [0.1, 0.15) is 40.0 Å². The normalized spacial score (nSPS) is 12.4. The van der Waals surface area contributed by atoms with E-state index < -0.39 is 15.6 Å². The number of hydrogen-bond acceptors (Lipinski definition) is 4. The zero-order valence-corrected chi connectivity index (χ0v) is 13.8. The van der Waals surface area contributed by atoms with Crippen molar-refractivity contribution in [3.05, 3.63) is 24.3 Å². The molecule has 0 aliphatic carbocycles. The fourth-order valence-corrected chi connectivity index (χ4v) is 2.97. The highest BCUT2D eigenvalue weighted by molar-refractivity contribution is 7.89. The Kier molecular flexibility index (Phi) is 6.64. The first kappa shape index (κ1) is 17.9. The van der Waals surface area contributed by atoms with E-state index in [-0.39, 0.29) is 4.90 Å². The molecule has 0 amide bonds. The Hall–Kier alpha value is -1.11. The van der Waals surface area contributed by atoms with Gasteiger partial charge in [-0.1, -0.05) is 20.8 Å². The second-order valence-corrected chi connectivity index (χ2v) is 6.97. The van der Waals surface area contributed by atoms with Gasteiger partial charge < -0.3 is 10.4 Å². The highest BCUT2D eigenvalue weighted by atomic mass is 32.2. The minimum absolute atomic E-state index is 0.253. The van der Waals surface area contributed by atoms with Crippen molar-refractivity contribution in [3.8, 4) is 0 Å². The Labute approximate surface area is 127 Å². The van der Waals surface area contributed by atoms with Crippen LogP contribution < -0.4 is 10.0 Å². The lowest BCUT2D eigenvalue weighted by atomic mass is 9.97. The van der Waals surface area contributed by atoms with Crippen LogP contribution in [0.4, 0.5) is 5.69 Å². The molecular formula is C15H26N2O3S. The van der Waals surface area contributed by atoms with Crippen molar-refractivity contribution < 1.29 is 13.5 Å². The molecule has 120 valence electrons. The van der Waals surface area contributed by atoms with Crippen LogP contribution in [-0.4, -0.2) is 32.2 Å². The summed E-state index contributed by atoms with van der Waals surface area (Å²) in [7, 11) is -3.42. The SMILES string of the molecule is CCCNS(=O)(=O)c1ccc(NCC(O)(CC)CC)cc1. The van der Waals surface area contributed by atoms with E-state index in [0.717, 1.165) is 12.1 Å². The molecular weight excluding hydrogens is 288 g/mol. The summed E-state index contributed by atoms with van der Waals surface area (Å²) < 4.78 is 26.4. The minimum atomic E-state index is -3.42. The van der Waals surface area contributed by atoms with E-state index >= 15 is 0 Å². The van der Waals surface area contributed by atoms with Crippen molar-refractivity contribution in [1.82, 2.24) is 4.72 Å². The van der Waals surface area contributed by atoms with Gasteiger partial charge in [0.25, 0.3) is 0 Å². The molecule has 1 aromatic rings. The molecule has 1 aromatic carbocycles. The molecule has 0 heterocycles. The molecule has 5 nitrogen and oxygen atoms in total. The zero-order valence-electron chi connectivity index (χ0n) is 13.0. The lowest BCUT2D eigenvalue weighted by Crippen LogP contribution is -2.35. The van der Waals surface area contributed by atoms with E-state index in [9.17, 15) is 13.5 Å². The van der Waals surface area contributed by atoms with Crippen molar-refractivity contribution in [3.63, 3.8) is 0 Å². The molecule has 0 radical (unpaired) electrons. The molecule has 21 heavy (non-hydrogen) atoms. The van der Waals surface area contributed by atoms with Gasteiger partial charge in [0.05, 0.1) is 10.5 Å². The molecule has 0 spiro atoms. The predicted molar refractivity (Wildman–Crippen MR) is 85.9 cm³/mol. The number of sulfonamides is 1. The van der Waals surface area contributed by atoms with Crippen LogP contribution >= 0.6 is 0 Å². The maximum Gasteiger partial charge on any atom is 0.240 e. The third-order valence-electron chi connectivity index (χ3n) is 3.64. The van der Waals surface area contributed by atoms with Gasteiger partial charge in [-0.05, 0) is 43.5 Å². The monoisotopic (exact) mass is 314 g/mol. The van der Waals surface area contributed by atoms with E-state index in [2.05, 4.69) is 10.0 Å². The van der Waals surface area contributed by atoms with Crippen LogP contribution in [0.3, 0.4) is 0 Å². The van der Waals surface area contributed by atoms with Crippen molar-refractivity contribution in [1.29, 1.82) is 0 Å². The van der Waals surface area contributed by atoms with Crippen LogP contribution in [0, 0.1) is 0 Å². The number of benzene rings is 1. The van der Waals surface area contributed by atoms with E-state index in [1.54, 1.807) is 24.3 Å². The standard InChI is InChI=1S/C15H26N2O3S/c1-4-11-17-21(19,20)14-9-7-13(8-10-14)16-12-15(18,5-2)6-3/h7-10,16-18H,4-6,11-12H2,1-3H3. The van der Waals surface area contributed by atoms with Crippen LogP contribution in [0.15, 0.2) is 29.2 Å². The number of hydrogen-bond donors (Lipinski definition) is 3. The predicted octanol–water partition coefficient (Wildman–Crippen LogP) is 2.34. The zero-order chi connectivity index (χ0) is 15.9. The third kappa shape index (κ3) is 5.30. The minimum Gasteiger partial charge on any atom is -0.388 e. The van der Waals surface area contributed by atoms with Crippen molar-refractivity contribution in [2.24, 2.45) is 0 Å². The second-order valence-electron chi connectivity index (χ2n) is 5.21. The first-order valence-electron chi connectivity index (χ1n) is 7.43. The molecule has 6 heteroatoms. The van der Waals surface area contributed by atoms with Gasteiger partial charge in [0.15, 0.2) is 0 Å². The smallest absolute Gasteiger partial charge is 0.240 e. The number of rotatable bonds is 9. The first-order chi connectivity index (χ1) is 9.87. The number of aliphatic hydroxyl groups is 1. The van der Waals surface area contributed by atoms with Gasteiger partial charge >= 0.3 is 0 Å². The summed E-state index contributed by atoms with van der Waals surface area (Å²) in [5.74, 6) is 0. The molecule has 1 rings (SSSR count). The summed E-state index contributed by atoms with van der Waals surface area (Å²) in [6.45, 7) is 6.68. The summed E-state index contributed by atoms with van der Waals surface area (Å²) >= 11 is 0. The van der Waals surface area contributed by atoms with Gasteiger partial charge in [-0.15, -0.1) is 0 Å². The number of nitrogens with one attached hydrogen (secondary N) is 2. The second kappa shape index (κ2) is 7.77. The van der Waals surface area contributed by atoms with E-state index in [1.165, 1.54) is 0 Å². The number of anilines is 1. The van der Waals surface area contributed by atoms with Gasteiger partial charge in [-0.3, -0.25) is 0 Å². The van der Waals surface area contributed by atoms with Crippen molar-refractivity contribution >= 4 is 15.7 Å².